The van der Waals surface area contributed by atoms with Crippen molar-refractivity contribution in [3.63, 3.8) is 0 Å². The molecule has 1 saturated carbocycles. The molecule has 27 heavy (non-hydrogen) atoms. The van der Waals surface area contributed by atoms with Crippen LogP contribution in [0.15, 0.2) is 5.38 Å². The molecule has 1 aliphatic carbocycles. The van der Waals surface area contributed by atoms with E-state index in [0.29, 0.717) is 12.5 Å². The second kappa shape index (κ2) is 13.5. The number of thiazole rings is 1. The van der Waals surface area contributed by atoms with Gasteiger partial charge in [0.2, 0.25) is 5.91 Å². The Morgan fingerprint density at radius 1 is 1.30 bits per heavy atom. The van der Waals surface area contributed by atoms with E-state index in [1.807, 2.05) is 19.2 Å². The lowest BCUT2D eigenvalue weighted by molar-refractivity contribution is -0.117. The van der Waals surface area contributed by atoms with E-state index in [9.17, 15) is 9.59 Å². The van der Waals surface area contributed by atoms with Crippen LogP contribution in [-0.2, 0) is 11.3 Å². The molecule has 1 heterocycles. The first-order valence-electron chi connectivity index (χ1n) is 10.0. The molecule has 2 rings (SSSR count). The maximum absolute atomic E-state index is 12.1. The van der Waals surface area contributed by atoms with Gasteiger partial charge in [0, 0.05) is 17.3 Å². The summed E-state index contributed by atoms with van der Waals surface area (Å²) in [7, 11) is 0. The zero-order valence-electron chi connectivity index (χ0n) is 18.0. The predicted octanol–water partition coefficient (Wildman–Crippen LogP) is 4.50. The highest BCUT2D eigenvalue weighted by atomic mass is 32.1. The summed E-state index contributed by atoms with van der Waals surface area (Å²) in [5.41, 5.74) is 5.94. The largest absolute Gasteiger partial charge is 0.368 e. The molecule has 1 aromatic rings. The number of aromatic nitrogens is 1. The zero-order chi connectivity index (χ0) is 21.0. The average Bonchev–Trinajstić information content (AvgIpc) is 3.36. The molecular weight excluding hydrogens is 360 g/mol. The average molecular weight is 399 g/mol. The van der Waals surface area contributed by atoms with Crippen LogP contribution < -0.4 is 11.1 Å². The minimum atomic E-state index is -0.537. The molecule has 3 amide bonds. The lowest BCUT2D eigenvalue weighted by Gasteiger charge is -2.21. The molecule has 0 spiro atoms. The fraction of sp³-hybridized carbons (Fsp3) is 0.750. The Kier molecular flexibility index (Phi) is 12.7. The number of amides is 3. The van der Waals surface area contributed by atoms with E-state index >= 15 is 0 Å². The standard InChI is InChI=1S/C13H20N4O2S.C5H12.C2H6/c1-8(2)12-16-9(7-20-12)6-17(10-3-4-10)13(19)15-5-11(14)18;1-4-5(2)3;1-2/h7-8,10H,3-6H2,1-2H3,(H2,14,18)(H,15,19);5H,4H2,1-3H3;1-2H3. The van der Waals surface area contributed by atoms with Crippen molar-refractivity contribution in [3.05, 3.63) is 16.1 Å². The van der Waals surface area contributed by atoms with Gasteiger partial charge >= 0.3 is 6.03 Å². The van der Waals surface area contributed by atoms with Crippen LogP contribution in [0.2, 0.25) is 0 Å². The van der Waals surface area contributed by atoms with Crippen LogP contribution in [0.1, 0.15) is 84.3 Å². The van der Waals surface area contributed by atoms with Gasteiger partial charge in [0.15, 0.2) is 0 Å². The maximum Gasteiger partial charge on any atom is 0.318 e. The fourth-order valence-electron chi connectivity index (χ4n) is 1.85. The minimum absolute atomic E-state index is 0.129. The molecule has 0 unspecified atom stereocenters. The van der Waals surface area contributed by atoms with Gasteiger partial charge in [-0.05, 0) is 18.8 Å². The Hall–Kier alpha value is -1.63. The molecule has 1 fully saturated rings. The summed E-state index contributed by atoms with van der Waals surface area (Å²) in [6.45, 7) is 15.2. The number of hydrogen-bond donors (Lipinski definition) is 2. The first-order chi connectivity index (χ1) is 12.7. The van der Waals surface area contributed by atoms with Gasteiger partial charge in [-0.3, -0.25) is 4.79 Å². The van der Waals surface area contributed by atoms with Gasteiger partial charge < -0.3 is 16.0 Å². The van der Waals surface area contributed by atoms with Crippen LogP contribution in [0.3, 0.4) is 0 Å². The molecule has 1 aliphatic rings. The van der Waals surface area contributed by atoms with E-state index in [1.165, 1.54) is 6.42 Å². The van der Waals surface area contributed by atoms with Crippen LogP contribution >= 0.6 is 11.3 Å². The van der Waals surface area contributed by atoms with E-state index in [1.54, 1.807) is 16.2 Å². The van der Waals surface area contributed by atoms with Crippen molar-refractivity contribution in [2.45, 2.75) is 86.2 Å². The molecule has 7 heteroatoms. The van der Waals surface area contributed by atoms with Gasteiger partial charge in [-0.25, -0.2) is 9.78 Å². The van der Waals surface area contributed by atoms with Crippen molar-refractivity contribution in [3.8, 4) is 0 Å². The summed E-state index contributed by atoms with van der Waals surface area (Å²) in [6.07, 6.45) is 3.32. The Balaban J connectivity index is 0.000000838. The van der Waals surface area contributed by atoms with Gasteiger partial charge in [0.25, 0.3) is 0 Å². The van der Waals surface area contributed by atoms with Crippen molar-refractivity contribution in [2.75, 3.05) is 6.54 Å². The van der Waals surface area contributed by atoms with Crippen LogP contribution in [0.5, 0.6) is 0 Å². The van der Waals surface area contributed by atoms with Crippen molar-refractivity contribution in [1.29, 1.82) is 0 Å². The number of primary amides is 1. The Morgan fingerprint density at radius 2 is 1.85 bits per heavy atom. The van der Waals surface area contributed by atoms with Gasteiger partial charge in [-0.1, -0.05) is 54.9 Å². The number of carbonyl (C=O) groups excluding carboxylic acids is 2. The van der Waals surface area contributed by atoms with Crippen molar-refractivity contribution >= 4 is 23.3 Å². The van der Waals surface area contributed by atoms with Gasteiger partial charge in [0.05, 0.1) is 23.8 Å². The number of nitrogens with one attached hydrogen (secondary N) is 1. The number of nitrogens with two attached hydrogens (primary N) is 1. The molecule has 0 aromatic carbocycles. The summed E-state index contributed by atoms with van der Waals surface area (Å²) >= 11 is 1.62. The summed E-state index contributed by atoms with van der Waals surface area (Å²) < 4.78 is 0. The van der Waals surface area contributed by atoms with Crippen LogP contribution in [0.4, 0.5) is 4.79 Å². The van der Waals surface area contributed by atoms with Crippen molar-refractivity contribution in [1.82, 2.24) is 15.2 Å². The summed E-state index contributed by atoms with van der Waals surface area (Å²) in [6, 6.07) is 0.0115. The minimum Gasteiger partial charge on any atom is -0.368 e. The molecule has 6 nitrogen and oxygen atoms in total. The maximum atomic E-state index is 12.1. The number of nitrogens with zero attached hydrogens (tertiary/aromatic N) is 2. The monoisotopic (exact) mass is 398 g/mol. The number of hydrogen-bond acceptors (Lipinski definition) is 4. The van der Waals surface area contributed by atoms with E-state index in [0.717, 1.165) is 29.5 Å². The topological polar surface area (TPSA) is 88.3 Å². The number of rotatable bonds is 7. The molecule has 0 saturated heterocycles. The van der Waals surface area contributed by atoms with Crippen molar-refractivity contribution in [2.24, 2.45) is 11.7 Å². The highest BCUT2D eigenvalue weighted by molar-refractivity contribution is 7.09. The highest BCUT2D eigenvalue weighted by Gasteiger charge is 2.33. The van der Waals surface area contributed by atoms with Gasteiger partial charge in [0.1, 0.15) is 0 Å². The molecule has 0 atom stereocenters. The molecule has 3 N–H and O–H groups in total. The summed E-state index contributed by atoms with van der Waals surface area (Å²) in [5.74, 6) is 0.742. The van der Waals surface area contributed by atoms with Gasteiger partial charge in [-0.2, -0.15) is 0 Å². The molecule has 0 aliphatic heterocycles. The quantitative estimate of drug-likeness (QED) is 0.708. The predicted molar refractivity (Wildman–Crippen MR) is 114 cm³/mol. The molecular formula is C20H38N4O2S. The van der Waals surface area contributed by atoms with Crippen LogP contribution in [0.25, 0.3) is 0 Å². The summed E-state index contributed by atoms with van der Waals surface area (Å²) in [4.78, 5) is 29.1. The second-order valence-electron chi connectivity index (χ2n) is 7.12. The number of carbonyl (C=O) groups is 2. The molecule has 0 radical (unpaired) electrons. The normalized spacial score (nSPS) is 12.6. The van der Waals surface area contributed by atoms with E-state index in [-0.39, 0.29) is 18.6 Å². The summed E-state index contributed by atoms with van der Waals surface area (Å²) in [5, 5.41) is 5.61. The Labute approximate surface area is 168 Å². The van der Waals surface area contributed by atoms with Crippen molar-refractivity contribution < 1.29 is 9.59 Å². The third-order valence-electron chi connectivity index (χ3n) is 3.87. The van der Waals surface area contributed by atoms with E-state index < -0.39 is 5.91 Å². The zero-order valence-corrected chi connectivity index (χ0v) is 18.9. The third kappa shape index (κ3) is 11.0. The number of urea groups is 1. The third-order valence-corrected chi connectivity index (χ3v) is 5.07. The first-order valence-corrected chi connectivity index (χ1v) is 10.9. The van der Waals surface area contributed by atoms with E-state index in [4.69, 9.17) is 5.73 Å². The molecule has 156 valence electrons. The van der Waals surface area contributed by atoms with E-state index in [2.05, 4.69) is 44.9 Å². The van der Waals surface area contributed by atoms with Crippen LogP contribution in [-0.4, -0.2) is 34.4 Å². The first kappa shape index (κ1) is 25.4. The SMILES string of the molecule is CC.CC(C)c1nc(CN(C(=O)NCC(N)=O)C2CC2)cs1.CCC(C)C. The lowest BCUT2D eigenvalue weighted by atomic mass is 10.2. The highest BCUT2D eigenvalue weighted by Crippen LogP contribution is 2.29. The van der Waals surface area contributed by atoms with Crippen LogP contribution in [0, 0.1) is 5.92 Å². The molecule has 1 aromatic heterocycles. The lowest BCUT2D eigenvalue weighted by Crippen LogP contribution is -2.44. The second-order valence-corrected chi connectivity index (χ2v) is 8.01. The Bertz CT molecular complexity index is 554. The smallest absolute Gasteiger partial charge is 0.318 e. The van der Waals surface area contributed by atoms with Gasteiger partial charge in [-0.15, -0.1) is 11.3 Å². The Morgan fingerprint density at radius 3 is 2.22 bits per heavy atom. The fourth-order valence-corrected chi connectivity index (χ4v) is 2.68. The molecule has 0 bridgehead atoms.